The van der Waals surface area contributed by atoms with E-state index in [2.05, 4.69) is 20.6 Å². The topological polar surface area (TPSA) is 203 Å². The Balaban J connectivity index is 0.977. The number of benzene rings is 3. The molecule has 6 heterocycles. The summed E-state index contributed by atoms with van der Waals surface area (Å²) in [6.07, 6.45) is -3.66. The molecule has 4 fully saturated rings. The van der Waals surface area contributed by atoms with Gasteiger partial charge in [0.25, 0.3) is 0 Å². The van der Waals surface area contributed by atoms with Crippen molar-refractivity contribution in [1.82, 2.24) is 40.4 Å². The summed E-state index contributed by atoms with van der Waals surface area (Å²) < 4.78 is 128. The molecule has 4 N–H and O–H groups in total. The quantitative estimate of drug-likeness (QED) is 0.0796. The molecule has 26 heteroatoms. The molecule has 4 aliphatic heterocycles. The predicted octanol–water partition coefficient (Wildman–Crippen LogP) is 6.83. The van der Waals surface area contributed by atoms with Gasteiger partial charge in [-0.25, -0.2) is 37.1 Å². The van der Waals surface area contributed by atoms with Crippen LogP contribution in [0, 0.1) is 23.4 Å². The van der Waals surface area contributed by atoms with Crippen LogP contribution in [0.4, 0.5) is 57.4 Å². The van der Waals surface area contributed by atoms with Gasteiger partial charge in [-0.15, -0.1) is 0 Å². The number of H-pyrrole nitrogens is 2. The number of aromatic nitrogens is 4. The maximum absolute atomic E-state index is 17.1. The minimum absolute atomic E-state index is 0.0111. The number of carbonyl (C=O) groups excluding carboxylic acids is 4. The largest absolute Gasteiger partial charge is 0.453 e. The van der Waals surface area contributed by atoms with Crippen molar-refractivity contribution in [2.24, 2.45) is 5.92 Å². The van der Waals surface area contributed by atoms with E-state index < -0.39 is 114 Å². The van der Waals surface area contributed by atoms with E-state index in [-0.39, 0.29) is 56.0 Å². The fourth-order valence-corrected chi connectivity index (χ4v) is 12.5. The second-order valence-corrected chi connectivity index (χ2v) is 21.6. The first kappa shape index (κ1) is 58.6. The second kappa shape index (κ2) is 23.9. The Bertz CT molecular complexity index is 3330. The Labute approximate surface area is 473 Å². The van der Waals surface area contributed by atoms with Gasteiger partial charge in [0.15, 0.2) is 11.6 Å². The molecule has 5 aromatic rings. The summed E-state index contributed by atoms with van der Waals surface area (Å²) >= 11 is 0. The Kier molecular flexibility index (Phi) is 16.9. The van der Waals surface area contributed by atoms with Crippen LogP contribution in [0.5, 0.6) is 0 Å². The number of imidazole rings is 2. The zero-order valence-corrected chi connectivity index (χ0v) is 46.6. The van der Waals surface area contributed by atoms with E-state index in [0.29, 0.717) is 77.8 Å². The van der Waals surface area contributed by atoms with E-state index in [1.807, 2.05) is 4.90 Å². The van der Waals surface area contributed by atoms with Crippen LogP contribution in [-0.4, -0.2) is 158 Å². The molecule has 83 heavy (non-hydrogen) atoms. The molecule has 5 aliphatic rings. The van der Waals surface area contributed by atoms with Crippen molar-refractivity contribution in [3.63, 3.8) is 0 Å². The average molecular weight is 1170 g/mol. The van der Waals surface area contributed by atoms with Crippen LogP contribution in [0.1, 0.15) is 93.3 Å². The fourth-order valence-electron chi connectivity index (χ4n) is 12.5. The van der Waals surface area contributed by atoms with Crippen LogP contribution >= 0.6 is 0 Å². The minimum atomic E-state index is -4.51. The van der Waals surface area contributed by atoms with Gasteiger partial charge < -0.3 is 64.0 Å². The third-order valence-corrected chi connectivity index (χ3v) is 17.0. The number of amides is 4. The van der Waals surface area contributed by atoms with Gasteiger partial charge in [0.1, 0.15) is 41.4 Å². The van der Waals surface area contributed by atoms with E-state index in [1.165, 1.54) is 57.6 Å². The van der Waals surface area contributed by atoms with Gasteiger partial charge in [0, 0.05) is 82.4 Å². The number of alkyl carbamates (subject to hydrolysis) is 2. The monoisotopic (exact) mass is 1170 g/mol. The molecule has 19 nitrogen and oxygen atoms in total. The van der Waals surface area contributed by atoms with Crippen molar-refractivity contribution in [2.45, 2.75) is 113 Å². The maximum Gasteiger partial charge on any atom is 0.416 e. The van der Waals surface area contributed by atoms with Gasteiger partial charge in [-0.05, 0) is 113 Å². The summed E-state index contributed by atoms with van der Waals surface area (Å²) in [6, 6.07) is 4.68. The van der Waals surface area contributed by atoms with Crippen molar-refractivity contribution in [2.75, 3.05) is 82.4 Å². The molecular formula is C57H66F7N11O8. The first-order valence-electron chi connectivity index (χ1n) is 27.6. The maximum atomic E-state index is 17.1. The van der Waals surface area contributed by atoms with Crippen LogP contribution in [0.2, 0.25) is 0 Å². The standard InChI is InChI=1S/C57H66F7N11O8/c1-29(80-3)48(69-55(78)82-5)53(76)73-17-7-9-46(73)51-65-40-25-34(36(58)27-42(40)67-51)44-15-16-45(75(44)33-23-38(60)50(39(61)24-33)72-21-19-71(20-22-72)32-13-11-31(12-14-32)57(62,63)64)35-26-41-43(28-37(35)59)68-52(66-41)47-10-8-18-74(47)54(77)49(30(2)81-4)70-56(79)83-6/h11-14,23-30,34,36,44-49H,7-10,15-22H2,1-6H3,(H,65,67)(H,66,68)(H,69,78)(H,70,79)/t29-,30-,34?,36?,44-,45-,46+,47+,48+,49+/m1/s1. The number of anilines is 3. The highest BCUT2D eigenvalue weighted by atomic mass is 19.4. The fraction of sp³-hybridized carbons (Fsp3) is 0.509. The predicted molar refractivity (Wildman–Crippen MR) is 291 cm³/mol. The highest BCUT2D eigenvalue weighted by Gasteiger charge is 2.45. The first-order valence-corrected chi connectivity index (χ1v) is 27.6. The van der Waals surface area contributed by atoms with E-state index >= 15 is 17.6 Å². The summed E-state index contributed by atoms with van der Waals surface area (Å²) in [7, 11) is 5.18. The van der Waals surface area contributed by atoms with Gasteiger partial charge in [0.05, 0.1) is 71.8 Å². The van der Waals surface area contributed by atoms with Crippen LogP contribution in [-0.2, 0) is 34.7 Å². The number of alkyl halides is 4. The normalized spacial score (nSPS) is 23.3. The molecule has 4 amide bonds. The lowest BCUT2D eigenvalue weighted by Crippen LogP contribution is -2.54. The first-order chi connectivity index (χ1) is 39.7. The number of hydrogen-bond acceptors (Lipinski definition) is 13. The van der Waals surface area contributed by atoms with Crippen LogP contribution in [0.15, 0.2) is 48.5 Å². The number of nitrogens with zero attached hydrogens (tertiary/aromatic N) is 7. The minimum Gasteiger partial charge on any atom is -0.453 e. The summed E-state index contributed by atoms with van der Waals surface area (Å²) in [5.41, 5.74) is 0.162. The molecule has 2 unspecified atom stereocenters. The van der Waals surface area contributed by atoms with Crippen molar-refractivity contribution in [3.05, 3.63) is 99.5 Å². The number of fused-ring (bicyclic) bond motifs is 2. The van der Waals surface area contributed by atoms with Gasteiger partial charge >= 0.3 is 18.4 Å². The lowest BCUT2D eigenvalue weighted by atomic mass is 9.89. The summed E-state index contributed by atoms with van der Waals surface area (Å²) in [5, 5.41) is 5.85. The van der Waals surface area contributed by atoms with Crippen LogP contribution < -0.4 is 36.0 Å². The number of likely N-dealkylation sites (tertiary alicyclic amines) is 2. The highest BCUT2D eigenvalue weighted by Crippen LogP contribution is 2.47. The number of methoxy groups -OCH3 is 4. The number of nitrogens with one attached hydrogen (secondary N) is 4. The smallest absolute Gasteiger partial charge is 0.416 e. The van der Waals surface area contributed by atoms with E-state index in [9.17, 15) is 32.3 Å². The highest BCUT2D eigenvalue weighted by molar-refractivity contribution is 5.88. The molecule has 0 bridgehead atoms. The van der Waals surface area contributed by atoms with E-state index in [1.54, 1.807) is 40.7 Å². The number of ether oxygens (including phenoxy) is 4. The van der Waals surface area contributed by atoms with Gasteiger partial charge in [-0.2, -0.15) is 13.2 Å². The lowest BCUT2D eigenvalue weighted by Gasteiger charge is -2.39. The average Bonchev–Trinajstić information content (AvgIpc) is 3.62. The molecule has 10 rings (SSSR count). The molecule has 10 atom stereocenters. The third kappa shape index (κ3) is 11.6. The molecular weight excluding hydrogens is 1100 g/mol. The SMILES string of the molecule is COC(=O)N[C@H](C(=O)N1CCC[C@H]1c1nc2c([nH]1)=CC(F)C([C@H]1CC[C@H](c3cc4nc([C@@H]5CCCN5C(=O)[C@@H](NC(=O)OC)[C@@H](C)OC)[nH]c4cc3F)N1c1cc(F)c(N3CCN(c4ccc(C(F)(F)F)cc4)CC3)c(F)c1)C=2)[C@@H](C)OC. The molecule has 1 aliphatic carbocycles. The number of hydrogen-bond donors (Lipinski definition) is 4. The second-order valence-electron chi connectivity index (χ2n) is 21.6. The number of aromatic amines is 2. The Morgan fingerprint density at radius 2 is 1.20 bits per heavy atom. The van der Waals surface area contributed by atoms with E-state index in [0.717, 1.165) is 24.3 Å². The van der Waals surface area contributed by atoms with Crippen molar-refractivity contribution < 1.29 is 68.9 Å². The number of carbonyl (C=O) groups is 4. The lowest BCUT2D eigenvalue weighted by molar-refractivity contribution is -0.138. The Hall–Kier alpha value is -7.61. The molecule has 0 saturated carbocycles. The van der Waals surface area contributed by atoms with Gasteiger partial charge in [-0.3, -0.25) is 9.59 Å². The molecule has 2 aromatic heterocycles. The number of rotatable bonds is 15. The molecule has 3 aromatic carbocycles. The van der Waals surface area contributed by atoms with Crippen molar-refractivity contribution in [3.8, 4) is 0 Å². The molecule has 446 valence electrons. The number of halogens is 7. The van der Waals surface area contributed by atoms with Gasteiger partial charge in [-0.1, -0.05) is 0 Å². The zero-order valence-electron chi connectivity index (χ0n) is 46.6. The molecule has 4 saturated heterocycles. The summed E-state index contributed by atoms with van der Waals surface area (Å²) in [4.78, 5) is 77.1. The molecule has 0 radical (unpaired) electrons. The van der Waals surface area contributed by atoms with Crippen molar-refractivity contribution >= 4 is 64.2 Å². The zero-order chi connectivity index (χ0) is 59.2. The third-order valence-electron chi connectivity index (χ3n) is 17.0. The van der Waals surface area contributed by atoms with Crippen molar-refractivity contribution in [1.29, 1.82) is 0 Å². The number of piperazine rings is 1. The van der Waals surface area contributed by atoms with E-state index in [4.69, 9.17) is 28.9 Å². The Morgan fingerprint density at radius 1 is 0.651 bits per heavy atom. The van der Waals surface area contributed by atoms with Crippen LogP contribution in [0.3, 0.4) is 0 Å². The summed E-state index contributed by atoms with van der Waals surface area (Å²) in [5.74, 6) is -3.69. The Morgan fingerprint density at radius 3 is 1.75 bits per heavy atom. The van der Waals surface area contributed by atoms with Crippen LogP contribution in [0.25, 0.3) is 23.2 Å². The molecule has 0 spiro atoms. The summed E-state index contributed by atoms with van der Waals surface area (Å²) in [6.45, 7) is 4.67. The van der Waals surface area contributed by atoms with Gasteiger partial charge in [0.2, 0.25) is 11.8 Å².